The highest BCUT2D eigenvalue weighted by Crippen LogP contribution is 2.37. The Morgan fingerprint density at radius 2 is 1.47 bits per heavy atom. The topological polar surface area (TPSA) is 66.0 Å². The monoisotopic (exact) mass is 422 g/mol. The van der Waals surface area contributed by atoms with E-state index in [1.807, 2.05) is 0 Å². The van der Waals surface area contributed by atoms with Crippen LogP contribution in [0.4, 0.5) is 26.3 Å². The Hall–Kier alpha value is -3.82. The summed E-state index contributed by atoms with van der Waals surface area (Å²) < 4.78 is 85.2. The smallest absolute Gasteiger partial charge is 0.337 e. The summed E-state index contributed by atoms with van der Waals surface area (Å²) in [5.74, 6) is -12.2. The Bertz CT molecular complexity index is 1320. The highest BCUT2D eigenvalue weighted by Gasteiger charge is 2.29. The number of para-hydroxylation sites is 1. The molecule has 0 aliphatic rings. The first-order chi connectivity index (χ1) is 14.2. The Labute approximate surface area is 163 Å². The second-order valence-corrected chi connectivity index (χ2v) is 6.23. The number of aromatic carboxylic acids is 1. The fraction of sp³-hybridized carbons (Fsp3) is 0. The third-order valence-electron chi connectivity index (χ3n) is 4.45. The van der Waals surface area contributed by atoms with Crippen molar-refractivity contribution in [2.24, 2.45) is 0 Å². The van der Waals surface area contributed by atoms with Crippen LogP contribution in [0.25, 0.3) is 33.5 Å². The molecule has 0 saturated carbocycles. The van der Waals surface area contributed by atoms with Crippen molar-refractivity contribution in [2.75, 3.05) is 0 Å². The minimum Gasteiger partial charge on any atom is -0.478 e. The fourth-order valence-electron chi connectivity index (χ4n) is 3.07. The number of fused-ring (bicyclic) bond motifs is 1. The summed E-state index contributed by atoms with van der Waals surface area (Å²) in [6, 6.07) is 5.61. The summed E-state index contributed by atoms with van der Waals surface area (Å²) in [6.45, 7) is 0. The first kappa shape index (κ1) is 19.5. The lowest BCUT2D eigenvalue weighted by Crippen LogP contribution is -2.04. The van der Waals surface area contributed by atoms with Crippen LogP contribution >= 0.6 is 0 Å². The molecule has 0 aliphatic heterocycles. The SMILES string of the molecule is O=C(O)c1cccc2[nH]c(-c3c(F)c(F)c(-c4ccc(F)c(F)c4)c(F)c3F)nc12. The second-order valence-electron chi connectivity index (χ2n) is 6.23. The first-order valence-electron chi connectivity index (χ1n) is 8.24. The molecule has 0 radical (unpaired) electrons. The predicted octanol–water partition coefficient (Wildman–Crippen LogP) is 5.43. The van der Waals surface area contributed by atoms with E-state index >= 15 is 0 Å². The van der Waals surface area contributed by atoms with Gasteiger partial charge in [-0.3, -0.25) is 0 Å². The number of hydrogen-bond acceptors (Lipinski definition) is 2. The van der Waals surface area contributed by atoms with E-state index in [0.29, 0.717) is 12.1 Å². The molecule has 4 rings (SSSR count). The van der Waals surface area contributed by atoms with E-state index in [4.69, 9.17) is 0 Å². The highest BCUT2D eigenvalue weighted by atomic mass is 19.2. The maximum atomic E-state index is 14.7. The third kappa shape index (κ3) is 2.88. The molecule has 2 N–H and O–H groups in total. The zero-order valence-electron chi connectivity index (χ0n) is 14.5. The minimum absolute atomic E-state index is 0.0641. The zero-order valence-corrected chi connectivity index (χ0v) is 14.5. The number of nitrogens with zero attached hydrogens (tertiary/aromatic N) is 1. The number of carboxylic acid groups (broad SMARTS) is 1. The number of carboxylic acids is 1. The number of aromatic nitrogens is 2. The van der Waals surface area contributed by atoms with Gasteiger partial charge in [0.25, 0.3) is 0 Å². The van der Waals surface area contributed by atoms with Gasteiger partial charge in [0.15, 0.2) is 34.9 Å². The number of aromatic amines is 1. The summed E-state index contributed by atoms with van der Waals surface area (Å²) in [7, 11) is 0. The van der Waals surface area contributed by atoms with E-state index in [-0.39, 0.29) is 16.6 Å². The third-order valence-corrected chi connectivity index (χ3v) is 4.45. The van der Waals surface area contributed by atoms with Crippen molar-refractivity contribution in [3.05, 3.63) is 76.9 Å². The lowest BCUT2D eigenvalue weighted by atomic mass is 10.0. The van der Waals surface area contributed by atoms with E-state index in [1.165, 1.54) is 18.2 Å². The van der Waals surface area contributed by atoms with E-state index in [0.717, 1.165) is 6.07 Å². The molecule has 0 unspecified atom stereocenters. The Balaban J connectivity index is 1.97. The number of hydrogen-bond donors (Lipinski definition) is 2. The van der Waals surface area contributed by atoms with Gasteiger partial charge in [-0.1, -0.05) is 12.1 Å². The van der Waals surface area contributed by atoms with Gasteiger partial charge in [0.2, 0.25) is 0 Å². The van der Waals surface area contributed by atoms with Gasteiger partial charge in [-0.2, -0.15) is 0 Å². The fourth-order valence-corrected chi connectivity index (χ4v) is 3.07. The Kier molecular flexibility index (Phi) is 4.49. The van der Waals surface area contributed by atoms with Crippen LogP contribution in [0.3, 0.4) is 0 Å². The van der Waals surface area contributed by atoms with Crippen molar-refractivity contribution in [2.45, 2.75) is 0 Å². The number of benzene rings is 3. The van der Waals surface area contributed by atoms with Gasteiger partial charge in [0.05, 0.1) is 22.2 Å². The average molecular weight is 422 g/mol. The molecule has 1 aromatic heterocycles. The van der Waals surface area contributed by atoms with E-state index in [9.17, 15) is 36.2 Å². The summed E-state index contributed by atoms with van der Waals surface area (Å²) in [5, 5.41) is 9.19. The number of halogens is 6. The summed E-state index contributed by atoms with van der Waals surface area (Å²) in [5.41, 5.74) is -3.46. The maximum Gasteiger partial charge on any atom is 0.337 e. The second kappa shape index (κ2) is 6.90. The molecule has 10 heteroatoms. The van der Waals surface area contributed by atoms with E-state index < -0.39 is 63.4 Å². The van der Waals surface area contributed by atoms with Gasteiger partial charge in [0.1, 0.15) is 11.3 Å². The van der Waals surface area contributed by atoms with Crippen molar-refractivity contribution in [1.82, 2.24) is 9.97 Å². The van der Waals surface area contributed by atoms with Crippen LogP contribution in [0.2, 0.25) is 0 Å². The quantitative estimate of drug-likeness (QED) is 0.342. The van der Waals surface area contributed by atoms with Crippen molar-refractivity contribution in [3.8, 4) is 22.5 Å². The number of rotatable bonds is 3. The van der Waals surface area contributed by atoms with Crippen molar-refractivity contribution < 1.29 is 36.2 Å². The molecule has 152 valence electrons. The van der Waals surface area contributed by atoms with Gasteiger partial charge in [-0.05, 0) is 29.8 Å². The molecule has 30 heavy (non-hydrogen) atoms. The highest BCUT2D eigenvalue weighted by molar-refractivity contribution is 6.01. The molecule has 0 fully saturated rings. The molecule has 0 aliphatic carbocycles. The predicted molar refractivity (Wildman–Crippen MR) is 93.7 cm³/mol. The Morgan fingerprint density at radius 3 is 2.07 bits per heavy atom. The minimum atomic E-state index is -1.85. The van der Waals surface area contributed by atoms with Gasteiger partial charge in [-0.25, -0.2) is 36.1 Å². The largest absolute Gasteiger partial charge is 0.478 e. The van der Waals surface area contributed by atoms with Gasteiger partial charge < -0.3 is 10.1 Å². The molecular formula is C20H8F6N2O2. The van der Waals surface area contributed by atoms with Crippen molar-refractivity contribution in [1.29, 1.82) is 0 Å². The van der Waals surface area contributed by atoms with Crippen LogP contribution in [-0.2, 0) is 0 Å². The summed E-state index contributed by atoms with van der Waals surface area (Å²) in [6.07, 6.45) is 0. The molecule has 0 spiro atoms. The number of imidazole rings is 1. The summed E-state index contributed by atoms with van der Waals surface area (Å²) >= 11 is 0. The molecule has 0 saturated heterocycles. The lowest BCUT2D eigenvalue weighted by Gasteiger charge is -2.11. The molecule has 3 aromatic carbocycles. The molecule has 0 amide bonds. The van der Waals surface area contributed by atoms with Crippen LogP contribution in [0, 0.1) is 34.9 Å². The maximum absolute atomic E-state index is 14.7. The zero-order chi connectivity index (χ0) is 21.7. The van der Waals surface area contributed by atoms with Crippen LogP contribution < -0.4 is 0 Å². The van der Waals surface area contributed by atoms with Gasteiger partial charge >= 0.3 is 5.97 Å². The molecule has 4 nitrogen and oxygen atoms in total. The number of carbonyl (C=O) groups is 1. The van der Waals surface area contributed by atoms with Crippen LogP contribution in [-0.4, -0.2) is 21.0 Å². The van der Waals surface area contributed by atoms with Crippen LogP contribution in [0.5, 0.6) is 0 Å². The van der Waals surface area contributed by atoms with Crippen LogP contribution in [0.1, 0.15) is 10.4 Å². The van der Waals surface area contributed by atoms with E-state index in [1.54, 1.807) is 0 Å². The van der Waals surface area contributed by atoms with Crippen molar-refractivity contribution >= 4 is 17.0 Å². The molecular weight excluding hydrogens is 414 g/mol. The normalized spacial score (nSPS) is 11.3. The Morgan fingerprint density at radius 1 is 0.833 bits per heavy atom. The molecule has 1 heterocycles. The lowest BCUT2D eigenvalue weighted by molar-refractivity contribution is 0.0699. The van der Waals surface area contributed by atoms with E-state index in [2.05, 4.69) is 9.97 Å². The molecule has 0 bridgehead atoms. The molecule has 0 atom stereocenters. The average Bonchev–Trinajstić information content (AvgIpc) is 3.13. The summed E-state index contributed by atoms with van der Waals surface area (Å²) in [4.78, 5) is 17.5. The number of H-pyrrole nitrogens is 1. The van der Waals surface area contributed by atoms with Gasteiger partial charge in [-0.15, -0.1) is 0 Å². The van der Waals surface area contributed by atoms with Crippen molar-refractivity contribution in [3.63, 3.8) is 0 Å². The van der Waals surface area contributed by atoms with Crippen LogP contribution in [0.15, 0.2) is 36.4 Å². The number of nitrogens with one attached hydrogen (secondary N) is 1. The first-order valence-corrected chi connectivity index (χ1v) is 8.24. The molecule has 4 aromatic rings. The standard InChI is InChI=1S/C20H8F6N2O2/c21-9-5-4-7(6-10(9)22)12-14(23)16(25)13(17(26)15(12)24)19-27-11-3-1-2-8(20(29)30)18(11)28-19/h1-6H,(H,27,28)(H,29,30). The van der Waals surface area contributed by atoms with Gasteiger partial charge in [0, 0.05) is 0 Å².